The monoisotopic (exact) mass is 307 g/mol. The summed E-state index contributed by atoms with van der Waals surface area (Å²) < 4.78 is 10.8. The van der Waals surface area contributed by atoms with Crippen LogP contribution in [0.1, 0.15) is 5.69 Å². The Balaban J connectivity index is 1.71. The first-order valence-electron chi connectivity index (χ1n) is 6.58. The van der Waals surface area contributed by atoms with Crippen molar-refractivity contribution in [3.8, 4) is 6.01 Å². The molecule has 0 aromatic carbocycles. The lowest BCUT2D eigenvalue weighted by Crippen LogP contribution is -2.37. The number of ether oxygens (including phenoxy) is 2. The van der Waals surface area contributed by atoms with Crippen molar-refractivity contribution < 1.29 is 9.47 Å². The number of rotatable bonds is 4. The van der Waals surface area contributed by atoms with Gasteiger partial charge in [0.1, 0.15) is 6.61 Å². The molecule has 21 heavy (non-hydrogen) atoms. The third-order valence-corrected chi connectivity index (χ3v) is 3.11. The molecule has 1 saturated heterocycles. The van der Waals surface area contributed by atoms with Gasteiger partial charge in [-0.15, -0.1) is 0 Å². The van der Waals surface area contributed by atoms with Crippen molar-refractivity contribution in [3.05, 3.63) is 35.4 Å². The van der Waals surface area contributed by atoms with Crippen LogP contribution < -0.4 is 9.64 Å². The van der Waals surface area contributed by atoms with Gasteiger partial charge in [0.25, 0.3) is 0 Å². The minimum absolute atomic E-state index is 0.113. The molecule has 3 heterocycles. The molecule has 0 spiro atoms. The van der Waals surface area contributed by atoms with E-state index in [9.17, 15) is 0 Å². The van der Waals surface area contributed by atoms with Gasteiger partial charge in [0.15, 0.2) is 0 Å². The predicted octanol–water partition coefficient (Wildman–Crippen LogP) is 1.34. The van der Waals surface area contributed by atoms with Crippen LogP contribution >= 0.6 is 11.6 Å². The van der Waals surface area contributed by atoms with Gasteiger partial charge < -0.3 is 14.4 Å². The second-order valence-electron chi connectivity index (χ2n) is 4.40. The lowest BCUT2D eigenvalue weighted by atomic mass is 10.4. The van der Waals surface area contributed by atoms with E-state index < -0.39 is 0 Å². The number of anilines is 1. The molecule has 1 aliphatic rings. The highest BCUT2D eigenvalue weighted by atomic mass is 35.5. The van der Waals surface area contributed by atoms with Crippen LogP contribution in [-0.2, 0) is 11.3 Å². The van der Waals surface area contributed by atoms with Gasteiger partial charge >= 0.3 is 6.01 Å². The Labute approximate surface area is 126 Å². The SMILES string of the molecule is Clc1nc(OCc2ccccn2)nc(N2CCOCC2)n1. The second-order valence-corrected chi connectivity index (χ2v) is 4.73. The molecule has 1 fully saturated rings. The summed E-state index contributed by atoms with van der Waals surface area (Å²) in [5, 5.41) is 0.113. The van der Waals surface area contributed by atoms with Crippen molar-refractivity contribution >= 4 is 17.5 Å². The summed E-state index contributed by atoms with van der Waals surface area (Å²) in [7, 11) is 0. The zero-order chi connectivity index (χ0) is 14.5. The lowest BCUT2D eigenvalue weighted by molar-refractivity contribution is 0.122. The van der Waals surface area contributed by atoms with Gasteiger partial charge in [0.2, 0.25) is 11.2 Å². The van der Waals surface area contributed by atoms with Crippen molar-refractivity contribution in [2.45, 2.75) is 6.61 Å². The van der Waals surface area contributed by atoms with Crippen molar-refractivity contribution in [1.82, 2.24) is 19.9 Å². The van der Waals surface area contributed by atoms with Crippen molar-refractivity contribution in [3.63, 3.8) is 0 Å². The maximum absolute atomic E-state index is 5.94. The van der Waals surface area contributed by atoms with Crippen LogP contribution in [-0.4, -0.2) is 46.2 Å². The van der Waals surface area contributed by atoms with E-state index in [0.717, 1.165) is 18.8 Å². The molecule has 1 aliphatic heterocycles. The van der Waals surface area contributed by atoms with Crippen LogP contribution in [0.25, 0.3) is 0 Å². The van der Waals surface area contributed by atoms with Gasteiger partial charge in [0, 0.05) is 19.3 Å². The minimum atomic E-state index is 0.113. The van der Waals surface area contributed by atoms with Gasteiger partial charge in [-0.2, -0.15) is 15.0 Å². The first-order chi connectivity index (χ1) is 10.3. The van der Waals surface area contributed by atoms with E-state index in [4.69, 9.17) is 21.1 Å². The normalized spacial score (nSPS) is 15.0. The smallest absolute Gasteiger partial charge is 0.322 e. The molecule has 7 nitrogen and oxygen atoms in total. The van der Waals surface area contributed by atoms with Gasteiger partial charge in [-0.25, -0.2) is 0 Å². The van der Waals surface area contributed by atoms with E-state index in [-0.39, 0.29) is 17.9 Å². The summed E-state index contributed by atoms with van der Waals surface area (Å²) in [6, 6.07) is 5.80. The van der Waals surface area contributed by atoms with Crippen LogP contribution in [0.15, 0.2) is 24.4 Å². The molecule has 2 aromatic heterocycles. The average molecular weight is 308 g/mol. The molecule has 0 aliphatic carbocycles. The highest BCUT2D eigenvalue weighted by molar-refractivity contribution is 6.28. The van der Waals surface area contributed by atoms with Crippen LogP contribution in [0.2, 0.25) is 5.28 Å². The molecule has 0 radical (unpaired) electrons. The molecule has 0 atom stereocenters. The Morgan fingerprint density at radius 2 is 2.05 bits per heavy atom. The Bertz CT molecular complexity index is 592. The Morgan fingerprint density at radius 1 is 1.19 bits per heavy atom. The average Bonchev–Trinajstić information content (AvgIpc) is 2.54. The van der Waals surface area contributed by atoms with Gasteiger partial charge in [-0.05, 0) is 23.7 Å². The van der Waals surface area contributed by atoms with Crippen molar-refractivity contribution in [2.75, 3.05) is 31.2 Å². The molecule has 0 amide bonds. The number of hydrogen-bond acceptors (Lipinski definition) is 7. The van der Waals surface area contributed by atoms with Crippen LogP contribution in [0.4, 0.5) is 5.95 Å². The number of halogens is 1. The largest absolute Gasteiger partial charge is 0.457 e. The molecule has 3 rings (SSSR count). The summed E-state index contributed by atoms with van der Waals surface area (Å²) >= 11 is 5.94. The molecular weight excluding hydrogens is 294 g/mol. The third-order valence-electron chi connectivity index (χ3n) is 2.95. The first-order valence-corrected chi connectivity index (χ1v) is 6.96. The predicted molar refractivity (Wildman–Crippen MR) is 76.4 cm³/mol. The molecule has 110 valence electrons. The Morgan fingerprint density at radius 3 is 2.81 bits per heavy atom. The van der Waals surface area contributed by atoms with Crippen LogP contribution in [0, 0.1) is 0 Å². The van der Waals surface area contributed by atoms with E-state index in [1.165, 1.54) is 0 Å². The summed E-state index contributed by atoms with van der Waals surface area (Å²) in [6.45, 7) is 3.02. The molecule has 0 N–H and O–H groups in total. The van der Waals surface area contributed by atoms with E-state index in [1.807, 2.05) is 23.1 Å². The molecule has 8 heteroatoms. The first kappa shape index (κ1) is 14.0. The Kier molecular flexibility index (Phi) is 4.42. The standard InChI is InChI=1S/C13H14ClN5O2/c14-11-16-12(19-5-7-20-8-6-19)18-13(17-11)21-9-10-3-1-2-4-15-10/h1-4H,5-9H2. The van der Waals surface area contributed by atoms with Gasteiger partial charge in [-0.1, -0.05) is 6.07 Å². The number of pyridine rings is 1. The van der Waals surface area contributed by atoms with Crippen molar-refractivity contribution in [2.24, 2.45) is 0 Å². The van der Waals surface area contributed by atoms with Gasteiger partial charge in [0.05, 0.1) is 18.9 Å². The number of morpholine rings is 1. The fourth-order valence-electron chi connectivity index (χ4n) is 1.91. The minimum Gasteiger partial charge on any atom is -0.457 e. The van der Waals surface area contributed by atoms with Crippen LogP contribution in [0.3, 0.4) is 0 Å². The fourth-order valence-corrected chi connectivity index (χ4v) is 2.06. The summed E-state index contributed by atoms with van der Waals surface area (Å²) in [5.41, 5.74) is 0.793. The molecule has 0 saturated carbocycles. The second kappa shape index (κ2) is 6.64. The zero-order valence-corrected chi connectivity index (χ0v) is 12.0. The lowest BCUT2D eigenvalue weighted by Gasteiger charge is -2.26. The number of hydrogen-bond donors (Lipinski definition) is 0. The highest BCUT2D eigenvalue weighted by Gasteiger charge is 2.16. The Hall–Kier alpha value is -1.99. The maximum Gasteiger partial charge on any atom is 0.322 e. The summed E-state index contributed by atoms with van der Waals surface area (Å²) in [5.74, 6) is 0.509. The molecular formula is C13H14ClN5O2. The quantitative estimate of drug-likeness (QED) is 0.843. The third kappa shape index (κ3) is 3.77. The van der Waals surface area contributed by atoms with E-state index in [2.05, 4.69) is 19.9 Å². The van der Waals surface area contributed by atoms with E-state index in [1.54, 1.807) is 6.20 Å². The highest BCUT2D eigenvalue weighted by Crippen LogP contribution is 2.16. The summed E-state index contributed by atoms with van der Waals surface area (Å²) in [6.07, 6.45) is 1.71. The zero-order valence-electron chi connectivity index (χ0n) is 11.3. The molecule has 0 bridgehead atoms. The van der Waals surface area contributed by atoms with E-state index >= 15 is 0 Å². The fraction of sp³-hybridized carbons (Fsp3) is 0.385. The molecule has 2 aromatic rings. The maximum atomic E-state index is 5.94. The molecule has 0 unspecified atom stereocenters. The number of aromatic nitrogens is 4. The summed E-state index contributed by atoms with van der Waals surface area (Å²) in [4.78, 5) is 18.6. The number of nitrogens with zero attached hydrogens (tertiary/aromatic N) is 5. The van der Waals surface area contributed by atoms with E-state index in [0.29, 0.717) is 19.2 Å². The van der Waals surface area contributed by atoms with Crippen LogP contribution in [0.5, 0.6) is 6.01 Å². The topological polar surface area (TPSA) is 73.3 Å². The van der Waals surface area contributed by atoms with Gasteiger partial charge in [-0.3, -0.25) is 4.98 Å². The van der Waals surface area contributed by atoms with Crippen molar-refractivity contribution in [1.29, 1.82) is 0 Å².